The first-order chi connectivity index (χ1) is 14.9. The Morgan fingerprint density at radius 3 is 2.61 bits per heavy atom. The Balaban J connectivity index is 1.96. The predicted octanol–water partition coefficient (Wildman–Crippen LogP) is 3.13. The Morgan fingerprint density at radius 2 is 1.94 bits per heavy atom. The molecule has 1 aromatic carbocycles. The molecule has 0 bridgehead atoms. The van der Waals surface area contributed by atoms with E-state index in [2.05, 4.69) is 15.1 Å². The van der Waals surface area contributed by atoms with Gasteiger partial charge in [0.15, 0.2) is 11.6 Å². The summed E-state index contributed by atoms with van der Waals surface area (Å²) in [6.07, 6.45) is 4.97. The highest BCUT2D eigenvalue weighted by molar-refractivity contribution is 6.05. The monoisotopic (exact) mass is 418 g/mol. The number of aromatic nitrogens is 6. The fraction of sp³-hybridized carbons (Fsp3) is 0.182. The number of rotatable bonds is 3. The van der Waals surface area contributed by atoms with E-state index in [0.717, 1.165) is 16.8 Å². The van der Waals surface area contributed by atoms with Gasteiger partial charge in [-0.1, -0.05) is 0 Å². The van der Waals surface area contributed by atoms with Gasteiger partial charge in [-0.15, -0.1) is 0 Å². The molecule has 0 aliphatic carbocycles. The third kappa shape index (κ3) is 2.73. The Hall–Kier alpha value is -4.01. The lowest BCUT2D eigenvalue weighted by Gasteiger charge is -2.11. The van der Waals surface area contributed by atoms with E-state index < -0.39 is 11.5 Å². The summed E-state index contributed by atoms with van der Waals surface area (Å²) in [6, 6.07) is 6.49. The highest BCUT2D eigenvalue weighted by Gasteiger charge is 2.21. The molecule has 0 aliphatic rings. The van der Waals surface area contributed by atoms with Gasteiger partial charge in [0.1, 0.15) is 5.75 Å². The van der Waals surface area contributed by atoms with Crippen molar-refractivity contribution >= 4 is 21.9 Å². The van der Waals surface area contributed by atoms with Gasteiger partial charge in [0.05, 0.1) is 35.6 Å². The number of aryl methyl sites for hydroxylation is 3. The molecule has 0 fully saturated rings. The predicted molar refractivity (Wildman–Crippen MR) is 115 cm³/mol. The van der Waals surface area contributed by atoms with Gasteiger partial charge in [-0.2, -0.15) is 5.10 Å². The van der Waals surface area contributed by atoms with Crippen LogP contribution in [0, 0.1) is 12.7 Å². The first-order valence-electron chi connectivity index (χ1n) is 9.60. The molecular weight excluding hydrogens is 399 g/mol. The van der Waals surface area contributed by atoms with Gasteiger partial charge in [0.2, 0.25) is 0 Å². The lowest BCUT2D eigenvalue weighted by Crippen LogP contribution is -2.22. The molecule has 0 saturated carbocycles. The number of hydrogen-bond donors (Lipinski definition) is 0. The molecule has 0 amide bonds. The van der Waals surface area contributed by atoms with Crippen LogP contribution in [0.5, 0.6) is 5.75 Å². The van der Waals surface area contributed by atoms with Gasteiger partial charge >= 0.3 is 5.69 Å². The number of imidazole rings is 1. The van der Waals surface area contributed by atoms with Crippen LogP contribution in [0.4, 0.5) is 4.39 Å². The van der Waals surface area contributed by atoms with Gasteiger partial charge < -0.3 is 4.74 Å². The number of nitrogens with zero attached hydrogens (tertiary/aromatic N) is 6. The summed E-state index contributed by atoms with van der Waals surface area (Å²) in [6.45, 7) is 1.92. The molecule has 0 N–H and O–H groups in total. The summed E-state index contributed by atoms with van der Waals surface area (Å²) in [4.78, 5) is 21.7. The summed E-state index contributed by atoms with van der Waals surface area (Å²) < 4.78 is 24.7. The second-order valence-electron chi connectivity index (χ2n) is 7.35. The van der Waals surface area contributed by atoms with Gasteiger partial charge in [-0.3, -0.25) is 14.2 Å². The number of benzene rings is 1. The van der Waals surface area contributed by atoms with E-state index in [9.17, 15) is 9.18 Å². The van der Waals surface area contributed by atoms with Crippen LogP contribution in [0.15, 0.2) is 47.7 Å². The molecule has 0 saturated heterocycles. The van der Waals surface area contributed by atoms with Crippen molar-refractivity contribution in [2.75, 3.05) is 7.11 Å². The zero-order valence-corrected chi connectivity index (χ0v) is 17.4. The molecule has 4 aromatic heterocycles. The number of halogens is 1. The maximum atomic E-state index is 14.6. The minimum Gasteiger partial charge on any atom is -0.496 e. The number of fused-ring (bicyclic) bond motifs is 3. The van der Waals surface area contributed by atoms with Crippen LogP contribution in [-0.2, 0) is 14.1 Å². The normalized spacial score (nSPS) is 11.5. The van der Waals surface area contributed by atoms with Crippen LogP contribution >= 0.6 is 0 Å². The zero-order valence-electron chi connectivity index (χ0n) is 17.4. The minimum absolute atomic E-state index is 0.0551. The maximum absolute atomic E-state index is 14.6. The van der Waals surface area contributed by atoms with E-state index in [-0.39, 0.29) is 5.82 Å². The SMILES string of the molecule is COc1cc2ncc3c(c2cc1-c1cn(C)nc1C)n(-c1ncccc1F)c(=O)n3C. The lowest BCUT2D eigenvalue weighted by molar-refractivity contribution is 0.417. The van der Waals surface area contributed by atoms with Crippen molar-refractivity contribution in [1.29, 1.82) is 0 Å². The van der Waals surface area contributed by atoms with Crippen LogP contribution in [0.2, 0.25) is 0 Å². The third-order valence-corrected chi connectivity index (χ3v) is 5.46. The fourth-order valence-electron chi connectivity index (χ4n) is 4.01. The smallest absolute Gasteiger partial charge is 0.334 e. The van der Waals surface area contributed by atoms with Crippen molar-refractivity contribution < 1.29 is 9.13 Å². The fourth-order valence-corrected chi connectivity index (χ4v) is 4.01. The average molecular weight is 418 g/mol. The van der Waals surface area contributed by atoms with Crippen molar-refractivity contribution in [2.24, 2.45) is 14.1 Å². The standard InChI is InChI=1S/C22H19FN6O2/c1-12-15(11-27(2)26-12)13-8-14-17(9-19(13)31-4)25-10-18-20(14)29(22(30)28(18)3)21-16(23)6-5-7-24-21/h5-11H,1-4H3. The number of methoxy groups -OCH3 is 1. The average Bonchev–Trinajstić information content (AvgIpc) is 3.23. The second-order valence-corrected chi connectivity index (χ2v) is 7.35. The molecule has 0 aliphatic heterocycles. The molecule has 0 radical (unpaired) electrons. The number of pyridine rings is 2. The summed E-state index contributed by atoms with van der Waals surface area (Å²) in [5.74, 6) is -0.0104. The van der Waals surface area contributed by atoms with Crippen LogP contribution in [0.1, 0.15) is 5.69 Å². The second kappa shape index (κ2) is 6.76. The van der Waals surface area contributed by atoms with E-state index in [1.807, 2.05) is 32.3 Å². The van der Waals surface area contributed by atoms with Gasteiger partial charge in [0, 0.05) is 49.1 Å². The van der Waals surface area contributed by atoms with E-state index in [1.54, 1.807) is 25.0 Å². The molecule has 9 heteroatoms. The van der Waals surface area contributed by atoms with Crippen molar-refractivity contribution in [1.82, 2.24) is 28.9 Å². The van der Waals surface area contributed by atoms with E-state index in [4.69, 9.17) is 4.74 Å². The van der Waals surface area contributed by atoms with E-state index >= 15 is 0 Å². The Morgan fingerprint density at radius 1 is 1.13 bits per heavy atom. The van der Waals surface area contributed by atoms with Gasteiger partial charge in [-0.05, 0) is 25.1 Å². The lowest BCUT2D eigenvalue weighted by atomic mass is 10.0. The quantitative estimate of drug-likeness (QED) is 0.450. The van der Waals surface area contributed by atoms with Gasteiger partial charge in [-0.25, -0.2) is 18.7 Å². The molecular formula is C22H19FN6O2. The molecule has 0 atom stereocenters. The highest BCUT2D eigenvalue weighted by atomic mass is 19.1. The van der Waals surface area contributed by atoms with Crippen LogP contribution in [0.3, 0.4) is 0 Å². The third-order valence-electron chi connectivity index (χ3n) is 5.46. The first kappa shape index (κ1) is 19.0. The number of ether oxygens (including phenoxy) is 1. The van der Waals surface area contributed by atoms with Crippen molar-refractivity contribution in [3.63, 3.8) is 0 Å². The first-order valence-corrected chi connectivity index (χ1v) is 9.60. The van der Waals surface area contributed by atoms with Crippen LogP contribution in [-0.4, -0.2) is 36.0 Å². The molecule has 5 rings (SSSR count). The van der Waals surface area contributed by atoms with Crippen LogP contribution in [0.25, 0.3) is 38.9 Å². The zero-order chi connectivity index (χ0) is 21.9. The van der Waals surface area contributed by atoms with Gasteiger partial charge in [0.25, 0.3) is 0 Å². The largest absolute Gasteiger partial charge is 0.496 e. The Labute approximate surface area is 176 Å². The summed E-state index contributed by atoms with van der Waals surface area (Å²) >= 11 is 0. The maximum Gasteiger partial charge on any atom is 0.334 e. The molecule has 31 heavy (non-hydrogen) atoms. The topological polar surface area (TPSA) is 79.8 Å². The Bertz CT molecular complexity index is 1550. The van der Waals surface area contributed by atoms with Crippen LogP contribution < -0.4 is 10.4 Å². The number of hydrogen-bond acceptors (Lipinski definition) is 5. The van der Waals surface area contributed by atoms with Crippen molar-refractivity contribution in [2.45, 2.75) is 6.92 Å². The molecule has 4 heterocycles. The van der Waals surface area contributed by atoms with E-state index in [0.29, 0.717) is 27.7 Å². The highest BCUT2D eigenvalue weighted by Crippen LogP contribution is 2.37. The summed E-state index contributed by atoms with van der Waals surface area (Å²) in [5.41, 5.74) is 3.84. The summed E-state index contributed by atoms with van der Waals surface area (Å²) in [7, 11) is 5.07. The Kier molecular flexibility index (Phi) is 4.14. The molecule has 5 aromatic rings. The minimum atomic E-state index is -0.584. The molecule has 0 spiro atoms. The van der Waals surface area contributed by atoms with E-state index in [1.165, 1.54) is 27.5 Å². The molecule has 8 nitrogen and oxygen atoms in total. The summed E-state index contributed by atoms with van der Waals surface area (Å²) in [5, 5.41) is 5.11. The van der Waals surface area contributed by atoms with Crippen molar-refractivity contribution in [3.05, 3.63) is 64.9 Å². The molecule has 156 valence electrons. The van der Waals surface area contributed by atoms with Crippen molar-refractivity contribution in [3.8, 4) is 22.7 Å². The molecule has 0 unspecified atom stereocenters.